The van der Waals surface area contributed by atoms with E-state index in [1.54, 1.807) is 17.4 Å². The van der Waals surface area contributed by atoms with Crippen LogP contribution in [0.4, 0.5) is 4.39 Å². The highest BCUT2D eigenvalue weighted by Gasteiger charge is 2.12. The second-order valence-corrected chi connectivity index (χ2v) is 5.69. The monoisotopic (exact) mass is 298 g/mol. The molecule has 16 heavy (non-hydrogen) atoms. The average molecular weight is 299 g/mol. The molecule has 3 heteroatoms. The third kappa shape index (κ3) is 2.71. The molecule has 1 aromatic carbocycles. The number of aryl methyl sites for hydroxylation is 1. The summed E-state index contributed by atoms with van der Waals surface area (Å²) in [5, 5.41) is 4.19. The lowest BCUT2D eigenvalue weighted by atomic mass is 10.0. The van der Waals surface area contributed by atoms with Gasteiger partial charge in [0.15, 0.2) is 0 Å². The van der Waals surface area contributed by atoms with E-state index in [0.717, 1.165) is 17.5 Å². The Bertz CT molecular complexity index is 465. The molecule has 0 spiro atoms. The smallest absolute Gasteiger partial charge is 0.123 e. The van der Waals surface area contributed by atoms with Gasteiger partial charge in [0.25, 0.3) is 0 Å². The fraction of sp³-hybridized carbons (Fsp3) is 0.231. The van der Waals surface area contributed by atoms with Crippen molar-refractivity contribution in [1.82, 2.24) is 0 Å². The molecule has 1 atom stereocenters. The van der Waals surface area contributed by atoms with Crippen LogP contribution in [0.2, 0.25) is 0 Å². The van der Waals surface area contributed by atoms with Crippen LogP contribution < -0.4 is 0 Å². The van der Waals surface area contributed by atoms with E-state index < -0.39 is 0 Å². The molecule has 0 N–H and O–H groups in total. The molecule has 0 saturated heterocycles. The Morgan fingerprint density at radius 3 is 2.88 bits per heavy atom. The summed E-state index contributed by atoms with van der Waals surface area (Å²) < 4.78 is 13.2. The van der Waals surface area contributed by atoms with E-state index in [1.165, 1.54) is 11.6 Å². The second kappa shape index (κ2) is 5.11. The second-order valence-electron chi connectivity index (χ2n) is 3.80. The molecule has 0 amide bonds. The van der Waals surface area contributed by atoms with Gasteiger partial charge in [0.05, 0.1) is 0 Å². The lowest BCUT2D eigenvalue weighted by molar-refractivity contribution is 0.624. The van der Waals surface area contributed by atoms with Crippen LogP contribution in [0.5, 0.6) is 0 Å². The zero-order valence-electron chi connectivity index (χ0n) is 8.91. The Labute approximate surface area is 107 Å². The van der Waals surface area contributed by atoms with E-state index in [2.05, 4.69) is 32.8 Å². The van der Waals surface area contributed by atoms with Gasteiger partial charge in [-0.2, -0.15) is 11.3 Å². The lowest BCUT2D eigenvalue weighted by Gasteiger charge is -2.12. The molecule has 0 bridgehead atoms. The zero-order chi connectivity index (χ0) is 11.5. The number of thiophene rings is 1. The van der Waals surface area contributed by atoms with Gasteiger partial charge in [0.1, 0.15) is 5.82 Å². The summed E-state index contributed by atoms with van der Waals surface area (Å²) in [5.41, 5.74) is 3.44. The Morgan fingerprint density at radius 2 is 2.19 bits per heavy atom. The SMILES string of the molecule is Cc1ccc(F)cc1C(Br)Cc1ccsc1. The number of hydrogen-bond acceptors (Lipinski definition) is 1. The third-order valence-corrected chi connectivity index (χ3v) is 4.12. The van der Waals surface area contributed by atoms with Crippen molar-refractivity contribution in [1.29, 1.82) is 0 Å². The van der Waals surface area contributed by atoms with E-state index in [4.69, 9.17) is 0 Å². The number of alkyl halides is 1. The first-order valence-electron chi connectivity index (χ1n) is 5.08. The molecule has 1 unspecified atom stereocenters. The summed E-state index contributed by atoms with van der Waals surface area (Å²) in [6.45, 7) is 2.01. The fourth-order valence-electron chi connectivity index (χ4n) is 1.67. The molecule has 2 rings (SSSR count). The first kappa shape index (κ1) is 11.8. The standard InChI is InChI=1S/C13H12BrFS/c1-9-2-3-11(15)7-12(9)13(14)6-10-4-5-16-8-10/h2-5,7-8,13H,6H2,1H3. The Morgan fingerprint density at radius 1 is 1.38 bits per heavy atom. The van der Waals surface area contributed by atoms with Crippen LogP contribution in [0.15, 0.2) is 35.0 Å². The highest BCUT2D eigenvalue weighted by molar-refractivity contribution is 9.09. The van der Waals surface area contributed by atoms with Crippen molar-refractivity contribution >= 4 is 27.3 Å². The van der Waals surface area contributed by atoms with Gasteiger partial charge in [-0.15, -0.1) is 0 Å². The normalized spacial score (nSPS) is 12.7. The summed E-state index contributed by atoms with van der Waals surface area (Å²) in [5.74, 6) is -0.171. The Hall–Kier alpha value is -0.670. The highest BCUT2D eigenvalue weighted by atomic mass is 79.9. The zero-order valence-corrected chi connectivity index (χ0v) is 11.3. The van der Waals surface area contributed by atoms with Crippen molar-refractivity contribution < 1.29 is 4.39 Å². The van der Waals surface area contributed by atoms with Crippen molar-refractivity contribution in [2.24, 2.45) is 0 Å². The highest BCUT2D eigenvalue weighted by Crippen LogP contribution is 2.30. The van der Waals surface area contributed by atoms with Crippen LogP contribution in [0.3, 0.4) is 0 Å². The fourth-order valence-corrected chi connectivity index (χ4v) is 3.22. The number of hydrogen-bond donors (Lipinski definition) is 0. The molecule has 0 fully saturated rings. The van der Waals surface area contributed by atoms with Crippen LogP contribution in [0.25, 0.3) is 0 Å². The van der Waals surface area contributed by atoms with E-state index in [9.17, 15) is 4.39 Å². The van der Waals surface area contributed by atoms with E-state index >= 15 is 0 Å². The van der Waals surface area contributed by atoms with Crippen LogP contribution in [0, 0.1) is 12.7 Å². The van der Waals surface area contributed by atoms with Crippen molar-refractivity contribution in [3.05, 3.63) is 57.5 Å². The van der Waals surface area contributed by atoms with E-state index in [0.29, 0.717) is 0 Å². The van der Waals surface area contributed by atoms with Crippen LogP contribution in [0.1, 0.15) is 21.5 Å². The molecule has 0 aliphatic heterocycles. The minimum absolute atomic E-state index is 0.171. The van der Waals surface area contributed by atoms with Crippen molar-refractivity contribution in [3.8, 4) is 0 Å². The minimum atomic E-state index is -0.171. The Balaban J connectivity index is 2.20. The maximum absolute atomic E-state index is 13.2. The summed E-state index contributed by atoms with van der Waals surface area (Å²) >= 11 is 5.32. The minimum Gasteiger partial charge on any atom is -0.207 e. The average Bonchev–Trinajstić information content (AvgIpc) is 2.74. The van der Waals surface area contributed by atoms with Crippen LogP contribution >= 0.6 is 27.3 Å². The lowest BCUT2D eigenvalue weighted by Crippen LogP contribution is -1.98. The van der Waals surface area contributed by atoms with Crippen molar-refractivity contribution in [3.63, 3.8) is 0 Å². The summed E-state index contributed by atoms with van der Waals surface area (Å²) in [6, 6.07) is 7.05. The number of rotatable bonds is 3. The summed E-state index contributed by atoms with van der Waals surface area (Å²) in [7, 11) is 0. The van der Waals surface area contributed by atoms with E-state index in [1.807, 2.05) is 13.0 Å². The maximum atomic E-state index is 13.2. The first-order valence-corrected chi connectivity index (χ1v) is 6.94. The van der Waals surface area contributed by atoms with Crippen molar-refractivity contribution in [2.75, 3.05) is 0 Å². The molecule has 0 saturated carbocycles. The van der Waals surface area contributed by atoms with Gasteiger partial charge in [0.2, 0.25) is 0 Å². The molecule has 1 heterocycles. The molecule has 2 aromatic rings. The molecule has 0 aliphatic rings. The number of benzene rings is 1. The van der Waals surface area contributed by atoms with Crippen LogP contribution in [-0.2, 0) is 6.42 Å². The van der Waals surface area contributed by atoms with Gasteiger partial charge in [-0.1, -0.05) is 22.0 Å². The van der Waals surface area contributed by atoms with Gasteiger partial charge in [-0.25, -0.2) is 4.39 Å². The summed E-state index contributed by atoms with van der Waals surface area (Å²) in [6.07, 6.45) is 0.897. The molecule has 84 valence electrons. The summed E-state index contributed by atoms with van der Waals surface area (Å²) in [4.78, 5) is 0.179. The van der Waals surface area contributed by atoms with Gasteiger partial charge in [0, 0.05) is 4.83 Å². The predicted octanol–water partition coefficient (Wildman–Crippen LogP) is 4.87. The maximum Gasteiger partial charge on any atom is 0.123 e. The van der Waals surface area contributed by atoms with Crippen molar-refractivity contribution in [2.45, 2.75) is 18.2 Å². The molecule has 0 radical (unpaired) electrons. The van der Waals surface area contributed by atoms with Gasteiger partial charge in [-0.3, -0.25) is 0 Å². The van der Waals surface area contributed by atoms with Gasteiger partial charge >= 0.3 is 0 Å². The van der Waals surface area contributed by atoms with Gasteiger partial charge in [-0.05, 0) is 59.0 Å². The third-order valence-electron chi connectivity index (χ3n) is 2.57. The van der Waals surface area contributed by atoms with Crippen LogP contribution in [-0.4, -0.2) is 0 Å². The topological polar surface area (TPSA) is 0 Å². The molecule has 0 aliphatic carbocycles. The molecule has 1 aromatic heterocycles. The number of halogens is 2. The van der Waals surface area contributed by atoms with E-state index in [-0.39, 0.29) is 10.6 Å². The molecule has 0 nitrogen and oxygen atoms in total. The molecular formula is C13H12BrFS. The predicted molar refractivity (Wildman–Crippen MR) is 70.8 cm³/mol. The van der Waals surface area contributed by atoms with Gasteiger partial charge < -0.3 is 0 Å². The quantitative estimate of drug-likeness (QED) is 0.709. The Kier molecular flexibility index (Phi) is 3.77. The largest absolute Gasteiger partial charge is 0.207 e. The first-order chi connectivity index (χ1) is 7.66. The molecular weight excluding hydrogens is 287 g/mol.